The van der Waals surface area contributed by atoms with Crippen molar-refractivity contribution in [2.45, 2.75) is 34.6 Å². The number of ether oxygens (including phenoxy) is 1. The second-order valence-corrected chi connectivity index (χ2v) is 8.06. The lowest BCUT2D eigenvalue weighted by molar-refractivity contribution is 0.397. The van der Waals surface area contributed by atoms with Crippen molar-refractivity contribution < 1.29 is 9.13 Å². The molecule has 1 aromatic heterocycles. The Morgan fingerprint density at radius 3 is 1.48 bits per heavy atom. The van der Waals surface area contributed by atoms with Crippen LogP contribution < -0.4 is 4.74 Å². The van der Waals surface area contributed by atoms with Crippen molar-refractivity contribution in [3.8, 4) is 5.88 Å². The van der Waals surface area contributed by atoms with Gasteiger partial charge in [0.25, 0.3) is 0 Å². The van der Waals surface area contributed by atoms with Gasteiger partial charge in [-0.2, -0.15) is 0 Å². The Bertz CT molecular complexity index is 982. The van der Waals surface area contributed by atoms with Crippen LogP contribution in [0.15, 0.2) is 91.1 Å². The highest BCUT2D eigenvalue weighted by atomic mass is 35.5. The molecule has 4 rings (SSSR count). The fraction of sp³-hybridized carbons (Fsp3) is 0.207. The van der Waals surface area contributed by atoms with E-state index >= 15 is 0 Å². The second kappa shape index (κ2) is 15.6. The standard InChI is InChI=1S/C8H10.C7H7Cl.C7H7F.C7H9NO/c1-7-4-3-5-8(2)6-7;1-6-3-2-4-7(8)5-6;1-6-2-4-7(8)5-3-6;1-6-3-4-8-7(5-6)9-2/h3-6H,1-2H3;2*2-5H,1H3;3-5H,1-2H3. The van der Waals surface area contributed by atoms with Crippen LogP contribution in [0.5, 0.6) is 5.88 Å². The lowest BCUT2D eigenvalue weighted by Gasteiger charge is -1.96. The summed E-state index contributed by atoms with van der Waals surface area (Å²) >= 11 is 5.64. The summed E-state index contributed by atoms with van der Waals surface area (Å²) < 4.78 is 17.0. The van der Waals surface area contributed by atoms with E-state index in [1.807, 2.05) is 57.2 Å². The predicted molar refractivity (Wildman–Crippen MR) is 139 cm³/mol. The topological polar surface area (TPSA) is 22.1 Å². The van der Waals surface area contributed by atoms with Crippen molar-refractivity contribution in [2.24, 2.45) is 0 Å². The van der Waals surface area contributed by atoms with E-state index in [0.29, 0.717) is 5.88 Å². The van der Waals surface area contributed by atoms with E-state index < -0.39 is 0 Å². The SMILES string of the molecule is COc1cc(C)ccn1.Cc1ccc(F)cc1.Cc1cccc(C)c1.Cc1cccc(Cl)c1. The van der Waals surface area contributed by atoms with Crippen LogP contribution in [0.4, 0.5) is 4.39 Å². The minimum absolute atomic E-state index is 0.171. The average Bonchev–Trinajstić information content (AvgIpc) is 2.77. The van der Waals surface area contributed by atoms with E-state index in [1.54, 1.807) is 25.4 Å². The number of aromatic nitrogens is 1. The molecule has 0 fully saturated rings. The average molecular weight is 466 g/mol. The Morgan fingerprint density at radius 1 is 0.636 bits per heavy atom. The van der Waals surface area contributed by atoms with Crippen LogP contribution in [0.2, 0.25) is 5.02 Å². The first-order valence-electron chi connectivity index (χ1n) is 10.6. The van der Waals surface area contributed by atoms with Gasteiger partial charge in [0.2, 0.25) is 5.88 Å². The Labute approximate surface area is 203 Å². The molecule has 0 bridgehead atoms. The molecule has 0 amide bonds. The Morgan fingerprint density at radius 2 is 1.15 bits per heavy atom. The number of pyridine rings is 1. The summed E-state index contributed by atoms with van der Waals surface area (Å²) in [7, 11) is 1.61. The number of nitrogens with zero attached hydrogens (tertiary/aromatic N) is 1. The van der Waals surface area contributed by atoms with E-state index in [-0.39, 0.29) is 5.82 Å². The maximum absolute atomic E-state index is 12.1. The highest BCUT2D eigenvalue weighted by Crippen LogP contribution is 2.08. The molecule has 2 nitrogen and oxygen atoms in total. The molecule has 0 saturated carbocycles. The van der Waals surface area contributed by atoms with E-state index in [2.05, 4.69) is 43.1 Å². The molecule has 4 aromatic rings. The van der Waals surface area contributed by atoms with Crippen LogP contribution in [0.25, 0.3) is 0 Å². The van der Waals surface area contributed by atoms with Crippen molar-refractivity contribution in [3.63, 3.8) is 0 Å². The molecule has 0 unspecified atom stereocenters. The molecule has 4 heteroatoms. The van der Waals surface area contributed by atoms with Gasteiger partial charge >= 0.3 is 0 Å². The first kappa shape index (κ1) is 27.9. The molecule has 0 aliphatic heterocycles. The van der Waals surface area contributed by atoms with E-state index in [0.717, 1.165) is 10.6 Å². The van der Waals surface area contributed by atoms with E-state index in [9.17, 15) is 4.39 Å². The van der Waals surface area contributed by atoms with Gasteiger partial charge in [0.15, 0.2) is 0 Å². The van der Waals surface area contributed by atoms with Crippen LogP contribution in [0, 0.1) is 40.4 Å². The third kappa shape index (κ3) is 13.8. The largest absolute Gasteiger partial charge is 0.481 e. The van der Waals surface area contributed by atoms with Crippen LogP contribution in [0.3, 0.4) is 0 Å². The third-order valence-electron chi connectivity index (χ3n) is 4.26. The minimum Gasteiger partial charge on any atom is -0.481 e. The summed E-state index contributed by atoms with van der Waals surface area (Å²) in [4.78, 5) is 3.94. The minimum atomic E-state index is -0.171. The van der Waals surface area contributed by atoms with Crippen LogP contribution in [-0.2, 0) is 0 Å². The molecule has 0 aliphatic rings. The molecule has 3 aromatic carbocycles. The molecule has 0 radical (unpaired) electrons. The van der Waals surface area contributed by atoms with Gasteiger partial charge in [-0.3, -0.25) is 0 Å². The summed E-state index contributed by atoms with van der Waals surface area (Å²) in [5, 5.41) is 0.810. The highest BCUT2D eigenvalue weighted by Gasteiger charge is 1.88. The molecule has 0 atom stereocenters. The first-order valence-corrected chi connectivity index (χ1v) is 11.0. The van der Waals surface area contributed by atoms with E-state index in [1.165, 1.54) is 34.4 Å². The van der Waals surface area contributed by atoms with Gasteiger partial charge in [0, 0.05) is 17.3 Å². The molecular weight excluding hydrogens is 433 g/mol. The number of halogens is 2. The maximum Gasteiger partial charge on any atom is 0.213 e. The van der Waals surface area contributed by atoms with Gasteiger partial charge in [-0.25, -0.2) is 9.37 Å². The summed E-state index contributed by atoms with van der Waals surface area (Å²) in [5.74, 6) is 0.505. The summed E-state index contributed by atoms with van der Waals surface area (Å²) in [6, 6.07) is 26.4. The zero-order valence-electron chi connectivity index (χ0n) is 20.3. The second-order valence-electron chi connectivity index (χ2n) is 7.63. The van der Waals surface area contributed by atoms with Crippen molar-refractivity contribution >= 4 is 11.6 Å². The molecule has 33 heavy (non-hydrogen) atoms. The zero-order chi connectivity index (χ0) is 24.6. The number of rotatable bonds is 1. The molecular formula is C29H33ClFNO. The Hall–Kier alpha value is -3.17. The van der Waals surface area contributed by atoms with Gasteiger partial charge in [-0.1, -0.05) is 76.8 Å². The predicted octanol–water partition coefficient (Wildman–Crippen LogP) is 8.48. The normalized spacial score (nSPS) is 9.21. The molecule has 0 saturated heterocycles. The lowest BCUT2D eigenvalue weighted by Crippen LogP contribution is -1.85. The molecule has 174 valence electrons. The van der Waals surface area contributed by atoms with Gasteiger partial charge in [0.05, 0.1) is 7.11 Å². The van der Waals surface area contributed by atoms with Crippen LogP contribution in [0.1, 0.15) is 27.8 Å². The molecule has 1 heterocycles. The quantitative estimate of drug-likeness (QED) is 0.281. The van der Waals surface area contributed by atoms with Gasteiger partial charge in [-0.15, -0.1) is 0 Å². The summed E-state index contributed by atoms with van der Waals surface area (Å²) in [5.41, 5.74) is 6.14. The molecule has 0 N–H and O–H groups in total. The summed E-state index contributed by atoms with van der Waals surface area (Å²) in [6.07, 6.45) is 1.73. The van der Waals surface area contributed by atoms with Crippen molar-refractivity contribution in [1.29, 1.82) is 0 Å². The highest BCUT2D eigenvalue weighted by molar-refractivity contribution is 6.30. The number of hydrogen-bond acceptors (Lipinski definition) is 2. The number of hydrogen-bond donors (Lipinski definition) is 0. The molecule has 0 spiro atoms. The number of benzene rings is 3. The maximum atomic E-state index is 12.1. The lowest BCUT2D eigenvalue weighted by atomic mass is 10.2. The number of methoxy groups -OCH3 is 1. The molecule has 0 aliphatic carbocycles. The Kier molecular flexibility index (Phi) is 13.2. The van der Waals surface area contributed by atoms with Gasteiger partial charge < -0.3 is 4.74 Å². The van der Waals surface area contributed by atoms with Crippen LogP contribution >= 0.6 is 11.6 Å². The van der Waals surface area contributed by atoms with Crippen molar-refractivity contribution in [1.82, 2.24) is 4.98 Å². The van der Waals surface area contributed by atoms with Gasteiger partial charge in [-0.05, 0) is 76.1 Å². The first-order chi connectivity index (χ1) is 15.7. The van der Waals surface area contributed by atoms with Crippen molar-refractivity contribution in [3.05, 3.63) is 130 Å². The van der Waals surface area contributed by atoms with Gasteiger partial charge in [0.1, 0.15) is 5.82 Å². The third-order valence-corrected chi connectivity index (χ3v) is 4.50. The Balaban J connectivity index is 0.000000220. The fourth-order valence-electron chi connectivity index (χ4n) is 2.57. The number of aryl methyl sites for hydroxylation is 5. The zero-order valence-corrected chi connectivity index (χ0v) is 21.0. The van der Waals surface area contributed by atoms with E-state index in [4.69, 9.17) is 16.3 Å². The summed E-state index contributed by atoms with van der Waals surface area (Å²) in [6.45, 7) is 10.2. The smallest absolute Gasteiger partial charge is 0.213 e. The van der Waals surface area contributed by atoms with Crippen molar-refractivity contribution in [2.75, 3.05) is 7.11 Å². The van der Waals surface area contributed by atoms with Crippen LogP contribution in [-0.4, -0.2) is 12.1 Å². The monoisotopic (exact) mass is 465 g/mol. The fourth-order valence-corrected chi connectivity index (χ4v) is 2.81.